The molecule has 1 aromatic carbocycles. The zero-order chi connectivity index (χ0) is 19.0. The number of carbonyl (C=O) groups is 1. The highest BCUT2D eigenvalue weighted by atomic mass is 32.2. The highest BCUT2D eigenvalue weighted by Gasteiger charge is 2.17. The van der Waals surface area contributed by atoms with Crippen molar-refractivity contribution in [3.63, 3.8) is 0 Å². The lowest BCUT2D eigenvalue weighted by molar-refractivity contribution is -0.113. The molecule has 1 amide bonds. The normalized spacial score (nSPS) is 11.1. The number of amides is 1. The van der Waals surface area contributed by atoms with Gasteiger partial charge in [-0.1, -0.05) is 17.8 Å². The van der Waals surface area contributed by atoms with Crippen molar-refractivity contribution in [2.24, 2.45) is 21.1 Å². The molecule has 0 aliphatic rings. The van der Waals surface area contributed by atoms with Crippen LogP contribution >= 0.6 is 11.8 Å². The predicted octanol–water partition coefficient (Wildman–Crippen LogP) is 0.841. The Morgan fingerprint density at radius 3 is 2.62 bits per heavy atom. The number of nitrogens with zero attached hydrogens (tertiary/aromatic N) is 4. The predicted molar refractivity (Wildman–Crippen MR) is 96.9 cm³/mol. The highest BCUT2D eigenvalue weighted by molar-refractivity contribution is 7.99. The minimum Gasteiger partial charge on any atom is -0.325 e. The molecule has 10 heteroatoms. The van der Waals surface area contributed by atoms with Gasteiger partial charge in [0.2, 0.25) is 5.91 Å². The molecule has 0 atom stereocenters. The summed E-state index contributed by atoms with van der Waals surface area (Å²) in [5, 5.41) is 3.01. The molecule has 3 rings (SSSR count). The van der Waals surface area contributed by atoms with E-state index >= 15 is 0 Å². The summed E-state index contributed by atoms with van der Waals surface area (Å²) < 4.78 is 17.1. The number of anilines is 1. The summed E-state index contributed by atoms with van der Waals surface area (Å²) in [7, 11) is 4.61. The summed E-state index contributed by atoms with van der Waals surface area (Å²) in [5.41, 5.74) is -0.0474. The molecule has 0 saturated carbocycles. The van der Waals surface area contributed by atoms with Crippen molar-refractivity contribution in [2.45, 2.75) is 5.16 Å². The minimum absolute atomic E-state index is 0.0158. The average molecular weight is 377 g/mol. The molecule has 0 spiro atoms. The van der Waals surface area contributed by atoms with Crippen LogP contribution in [0.2, 0.25) is 0 Å². The number of nitrogens with one attached hydrogen (secondary N) is 1. The molecule has 0 aliphatic carbocycles. The second-order valence-corrected chi connectivity index (χ2v) is 6.62. The Balaban J connectivity index is 1.84. The molecule has 8 nitrogen and oxygen atoms in total. The van der Waals surface area contributed by atoms with E-state index in [0.717, 1.165) is 16.3 Å². The van der Waals surface area contributed by atoms with E-state index in [2.05, 4.69) is 10.3 Å². The Bertz CT molecular complexity index is 1130. The van der Waals surface area contributed by atoms with Crippen LogP contribution in [0.1, 0.15) is 0 Å². The first-order valence-corrected chi connectivity index (χ1v) is 8.59. The van der Waals surface area contributed by atoms with Crippen LogP contribution in [0.4, 0.5) is 10.1 Å². The van der Waals surface area contributed by atoms with E-state index in [1.54, 1.807) is 24.7 Å². The van der Waals surface area contributed by atoms with E-state index in [1.165, 1.54) is 29.8 Å². The summed E-state index contributed by atoms with van der Waals surface area (Å²) in [5.74, 6) is -0.765. The molecule has 26 heavy (non-hydrogen) atoms. The molecule has 3 aromatic rings. The van der Waals surface area contributed by atoms with Gasteiger partial charge in [-0.2, -0.15) is 0 Å². The maximum absolute atomic E-state index is 13.2. The second-order valence-electron chi connectivity index (χ2n) is 5.68. The number of halogens is 1. The quantitative estimate of drug-likeness (QED) is 0.681. The van der Waals surface area contributed by atoms with Gasteiger partial charge in [0.1, 0.15) is 5.82 Å². The van der Waals surface area contributed by atoms with E-state index in [-0.39, 0.29) is 17.2 Å². The summed E-state index contributed by atoms with van der Waals surface area (Å²) in [4.78, 5) is 40.6. The number of aryl methyl sites for hydroxylation is 2. The Labute approximate surface area is 151 Å². The first-order valence-electron chi connectivity index (χ1n) is 7.60. The van der Waals surface area contributed by atoms with Gasteiger partial charge in [-0.3, -0.25) is 18.7 Å². The van der Waals surface area contributed by atoms with E-state index in [1.807, 2.05) is 0 Å². The third-order valence-corrected chi connectivity index (χ3v) is 4.89. The van der Waals surface area contributed by atoms with Crippen molar-refractivity contribution >= 4 is 34.5 Å². The lowest BCUT2D eigenvalue weighted by Crippen LogP contribution is -2.37. The van der Waals surface area contributed by atoms with Crippen LogP contribution in [-0.4, -0.2) is 30.3 Å². The molecule has 0 fully saturated rings. The van der Waals surface area contributed by atoms with Gasteiger partial charge >= 0.3 is 5.69 Å². The fourth-order valence-electron chi connectivity index (χ4n) is 2.58. The maximum Gasteiger partial charge on any atom is 0.332 e. The summed E-state index contributed by atoms with van der Waals surface area (Å²) >= 11 is 1.12. The summed E-state index contributed by atoms with van der Waals surface area (Å²) in [6.07, 6.45) is 0. The fourth-order valence-corrected chi connectivity index (χ4v) is 3.35. The monoisotopic (exact) mass is 377 g/mol. The Hall–Kier alpha value is -2.88. The van der Waals surface area contributed by atoms with Crippen LogP contribution in [0.25, 0.3) is 11.2 Å². The SMILES string of the molecule is Cn1c(=O)c2nc(SCC(=O)Nc3cccc(F)c3)n(C)c2n(C)c1=O. The number of hydrogen-bond acceptors (Lipinski definition) is 5. The molecule has 2 aromatic heterocycles. The van der Waals surface area contributed by atoms with Crippen LogP contribution in [-0.2, 0) is 25.9 Å². The summed E-state index contributed by atoms with van der Waals surface area (Å²) in [6.45, 7) is 0. The van der Waals surface area contributed by atoms with Gasteiger partial charge in [0, 0.05) is 26.8 Å². The Morgan fingerprint density at radius 1 is 1.19 bits per heavy atom. The number of hydrogen-bond donors (Lipinski definition) is 1. The highest BCUT2D eigenvalue weighted by Crippen LogP contribution is 2.20. The zero-order valence-corrected chi connectivity index (χ0v) is 15.1. The van der Waals surface area contributed by atoms with Crippen molar-refractivity contribution in [3.8, 4) is 0 Å². The average Bonchev–Trinajstić information content (AvgIpc) is 2.93. The smallest absolute Gasteiger partial charge is 0.325 e. The van der Waals surface area contributed by atoms with Gasteiger partial charge in [-0.05, 0) is 18.2 Å². The largest absolute Gasteiger partial charge is 0.332 e. The molecule has 2 heterocycles. The number of carbonyl (C=O) groups excluding carboxylic acids is 1. The van der Waals surface area contributed by atoms with E-state index in [0.29, 0.717) is 16.5 Å². The molecule has 0 radical (unpaired) electrons. The van der Waals surface area contributed by atoms with Crippen LogP contribution in [0.15, 0.2) is 39.0 Å². The Morgan fingerprint density at radius 2 is 1.92 bits per heavy atom. The zero-order valence-electron chi connectivity index (χ0n) is 14.3. The lowest BCUT2D eigenvalue weighted by Gasteiger charge is -2.06. The maximum atomic E-state index is 13.2. The van der Waals surface area contributed by atoms with Gasteiger partial charge in [0.05, 0.1) is 5.75 Å². The molecule has 1 N–H and O–H groups in total. The first kappa shape index (κ1) is 17.9. The van der Waals surface area contributed by atoms with Crippen LogP contribution < -0.4 is 16.6 Å². The lowest BCUT2D eigenvalue weighted by atomic mass is 10.3. The molecule has 0 bridgehead atoms. The van der Waals surface area contributed by atoms with Crippen molar-refractivity contribution in [2.75, 3.05) is 11.1 Å². The second kappa shape index (κ2) is 6.79. The van der Waals surface area contributed by atoms with Crippen molar-refractivity contribution < 1.29 is 9.18 Å². The fraction of sp³-hybridized carbons (Fsp3) is 0.250. The summed E-state index contributed by atoms with van der Waals surface area (Å²) in [6, 6.07) is 5.59. The standard InChI is InChI=1S/C16H16FN5O3S/c1-20-13-12(14(24)22(3)16(25)21(13)2)19-15(20)26-8-11(23)18-10-6-4-5-9(17)7-10/h4-7H,8H2,1-3H3,(H,18,23). The number of benzene rings is 1. The number of fused-ring (bicyclic) bond motifs is 1. The van der Waals surface area contributed by atoms with E-state index < -0.39 is 17.1 Å². The molecular weight excluding hydrogens is 361 g/mol. The van der Waals surface area contributed by atoms with Crippen molar-refractivity contribution in [3.05, 3.63) is 50.9 Å². The van der Waals surface area contributed by atoms with Crippen LogP contribution in [0, 0.1) is 5.82 Å². The van der Waals surface area contributed by atoms with Crippen molar-refractivity contribution in [1.29, 1.82) is 0 Å². The van der Waals surface area contributed by atoms with Crippen LogP contribution in [0.3, 0.4) is 0 Å². The van der Waals surface area contributed by atoms with Gasteiger partial charge in [-0.25, -0.2) is 14.2 Å². The third-order valence-electron chi connectivity index (χ3n) is 3.86. The number of thioether (sulfide) groups is 1. The van der Waals surface area contributed by atoms with Gasteiger partial charge in [0.15, 0.2) is 16.3 Å². The number of rotatable bonds is 4. The third kappa shape index (κ3) is 3.15. The van der Waals surface area contributed by atoms with Crippen LogP contribution in [0.5, 0.6) is 0 Å². The van der Waals surface area contributed by atoms with Gasteiger partial charge in [0.25, 0.3) is 5.56 Å². The molecule has 0 aliphatic heterocycles. The minimum atomic E-state index is -0.491. The molecule has 136 valence electrons. The van der Waals surface area contributed by atoms with Gasteiger partial charge in [-0.15, -0.1) is 0 Å². The van der Waals surface area contributed by atoms with Crippen molar-refractivity contribution in [1.82, 2.24) is 18.7 Å². The van der Waals surface area contributed by atoms with E-state index in [9.17, 15) is 18.8 Å². The molecule has 0 saturated heterocycles. The molecular formula is C16H16FN5O3S. The Kier molecular flexibility index (Phi) is 4.68. The number of imidazole rings is 1. The van der Waals surface area contributed by atoms with Gasteiger partial charge < -0.3 is 9.88 Å². The topological polar surface area (TPSA) is 90.9 Å². The molecule has 0 unspecified atom stereocenters. The van der Waals surface area contributed by atoms with E-state index in [4.69, 9.17) is 0 Å². The number of aromatic nitrogens is 4. The first-order chi connectivity index (χ1) is 12.3.